The van der Waals surface area contributed by atoms with Crippen LogP contribution in [0.3, 0.4) is 0 Å². The zero-order valence-electron chi connectivity index (χ0n) is 12.0. The number of nitrogens with one attached hydrogen (secondary N) is 1. The molecule has 2 saturated carbocycles. The van der Waals surface area contributed by atoms with E-state index in [9.17, 15) is 0 Å². The molecule has 1 aromatic rings. The molecule has 0 aromatic carbocycles. The van der Waals surface area contributed by atoms with Crippen LogP contribution in [-0.4, -0.2) is 7.05 Å². The molecule has 0 radical (unpaired) electrons. The van der Waals surface area contributed by atoms with Crippen molar-refractivity contribution < 1.29 is 0 Å². The molecule has 0 spiro atoms. The Morgan fingerprint density at radius 1 is 1.32 bits per heavy atom. The maximum Gasteiger partial charge on any atom is 0.0415 e. The highest BCUT2D eigenvalue weighted by atomic mass is 32.1. The molecule has 2 fully saturated rings. The van der Waals surface area contributed by atoms with E-state index in [2.05, 4.69) is 29.8 Å². The van der Waals surface area contributed by atoms with Crippen LogP contribution in [0.1, 0.15) is 59.9 Å². The highest BCUT2D eigenvalue weighted by Gasteiger charge is 2.40. The predicted octanol–water partition coefficient (Wildman–Crippen LogP) is 4.32. The molecule has 3 aliphatic carbocycles. The summed E-state index contributed by atoms with van der Waals surface area (Å²) >= 11 is 2.10. The van der Waals surface area contributed by atoms with Crippen molar-refractivity contribution in [3.63, 3.8) is 0 Å². The number of hydrogen-bond acceptors (Lipinski definition) is 2. The second-order valence-electron chi connectivity index (χ2n) is 6.96. The van der Waals surface area contributed by atoms with Crippen LogP contribution in [0.25, 0.3) is 0 Å². The van der Waals surface area contributed by atoms with Gasteiger partial charge < -0.3 is 5.32 Å². The molecule has 3 aliphatic rings. The smallest absolute Gasteiger partial charge is 0.0415 e. The quantitative estimate of drug-likeness (QED) is 0.862. The number of thiophene rings is 1. The summed E-state index contributed by atoms with van der Waals surface area (Å²) in [6, 6.07) is 3.14. The Morgan fingerprint density at radius 2 is 2.26 bits per heavy atom. The third-order valence-electron chi connectivity index (χ3n) is 5.88. The minimum atomic E-state index is 0.625. The molecule has 0 amide bonds. The average molecular weight is 275 g/mol. The molecule has 4 unspecified atom stereocenters. The Labute approximate surface area is 120 Å². The van der Waals surface area contributed by atoms with Crippen LogP contribution >= 0.6 is 11.3 Å². The average Bonchev–Trinajstić information content (AvgIpc) is 3.13. The van der Waals surface area contributed by atoms with Crippen molar-refractivity contribution in [2.45, 2.75) is 57.4 Å². The number of rotatable bonds is 4. The van der Waals surface area contributed by atoms with E-state index in [1.165, 1.54) is 44.9 Å². The third kappa shape index (κ3) is 2.17. The van der Waals surface area contributed by atoms with Gasteiger partial charge in [0.25, 0.3) is 0 Å². The van der Waals surface area contributed by atoms with Gasteiger partial charge in [0, 0.05) is 15.8 Å². The van der Waals surface area contributed by atoms with Gasteiger partial charge in [-0.25, -0.2) is 0 Å². The molecule has 4 atom stereocenters. The lowest BCUT2D eigenvalue weighted by Gasteiger charge is -2.26. The van der Waals surface area contributed by atoms with E-state index in [1.54, 1.807) is 21.7 Å². The molecule has 0 saturated heterocycles. The van der Waals surface area contributed by atoms with Gasteiger partial charge in [-0.05, 0) is 81.4 Å². The maximum absolute atomic E-state index is 3.60. The molecule has 104 valence electrons. The van der Waals surface area contributed by atoms with Crippen molar-refractivity contribution in [1.82, 2.24) is 5.32 Å². The van der Waals surface area contributed by atoms with Crippen molar-refractivity contribution in [1.29, 1.82) is 0 Å². The zero-order chi connectivity index (χ0) is 12.8. The standard InChI is InChI=1S/C17H25NS/c1-18-15(9-14-8-11-5-6-12(14)7-11)17-10-13-3-2-4-16(13)19-17/h10-12,14-15,18H,2-9H2,1H3. The summed E-state index contributed by atoms with van der Waals surface area (Å²) in [5, 5.41) is 3.60. The Hall–Kier alpha value is -0.340. The molecule has 2 bridgehead atoms. The highest BCUT2D eigenvalue weighted by molar-refractivity contribution is 7.12. The van der Waals surface area contributed by atoms with E-state index >= 15 is 0 Å². The predicted molar refractivity (Wildman–Crippen MR) is 81.7 cm³/mol. The molecular weight excluding hydrogens is 250 g/mol. The summed E-state index contributed by atoms with van der Waals surface area (Å²) in [5.41, 5.74) is 1.66. The Kier molecular flexibility index (Phi) is 3.19. The lowest BCUT2D eigenvalue weighted by Crippen LogP contribution is -2.22. The molecule has 1 nitrogen and oxygen atoms in total. The molecule has 4 rings (SSSR count). The highest BCUT2D eigenvalue weighted by Crippen LogP contribution is 2.51. The first kappa shape index (κ1) is 12.4. The summed E-state index contributed by atoms with van der Waals surface area (Å²) in [6.07, 6.45) is 11.6. The van der Waals surface area contributed by atoms with Crippen molar-refractivity contribution >= 4 is 11.3 Å². The van der Waals surface area contributed by atoms with Crippen LogP contribution in [0.5, 0.6) is 0 Å². The second-order valence-corrected chi connectivity index (χ2v) is 8.13. The number of hydrogen-bond donors (Lipinski definition) is 1. The van der Waals surface area contributed by atoms with Gasteiger partial charge in [-0.1, -0.05) is 6.42 Å². The minimum Gasteiger partial charge on any atom is -0.312 e. The summed E-state index contributed by atoms with van der Waals surface area (Å²) in [6.45, 7) is 0. The molecule has 1 aromatic heterocycles. The largest absolute Gasteiger partial charge is 0.312 e. The van der Waals surface area contributed by atoms with Crippen molar-refractivity contribution in [3.05, 3.63) is 21.4 Å². The lowest BCUT2D eigenvalue weighted by molar-refractivity contribution is 0.285. The van der Waals surface area contributed by atoms with Crippen LogP contribution < -0.4 is 5.32 Å². The summed E-state index contributed by atoms with van der Waals surface area (Å²) < 4.78 is 0. The van der Waals surface area contributed by atoms with E-state index in [4.69, 9.17) is 0 Å². The summed E-state index contributed by atoms with van der Waals surface area (Å²) in [4.78, 5) is 3.30. The number of fused-ring (bicyclic) bond motifs is 3. The molecule has 0 aliphatic heterocycles. The van der Waals surface area contributed by atoms with Gasteiger partial charge in [0.15, 0.2) is 0 Å². The third-order valence-corrected chi connectivity index (χ3v) is 7.23. The first-order valence-electron chi connectivity index (χ1n) is 8.12. The second kappa shape index (κ2) is 4.89. The van der Waals surface area contributed by atoms with E-state index < -0.39 is 0 Å². The van der Waals surface area contributed by atoms with Gasteiger partial charge in [0.1, 0.15) is 0 Å². The van der Waals surface area contributed by atoms with Crippen molar-refractivity contribution in [2.24, 2.45) is 17.8 Å². The summed E-state index contributed by atoms with van der Waals surface area (Å²) in [5.74, 6) is 3.15. The zero-order valence-corrected chi connectivity index (χ0v) is 12.8. The lowest BCUT2D eigenvalue weighted by atomic mass is 9.84. The first-order chi connectivity index (χ1) is 9.33. The van der Waals surface area contributed by atoms with Crippen LogP contribution in [0.2, 0.25) is 0 Å². The fourth-order valence-electron chi connectivity index (χ4n) is 4.87. The molecule has 1 N–H and O–H groups in total. The fraction of sp³-hybridized carbons (Fsp3) is 0.765. The molecule has 2 heteroatoms. The summed E-state index contributed by atoms with van der Waals surface area (Å²) in [7, 11) is 2.16. The Bertz CT molecular complexity index is 442. The van der Waals surface area contributed by atoms with Crippen LogP contribution in [-0.2, 0) is 12.8 Å². The Morgan fingerprint density at radius 3 is 2.95 bits per heavy atom. The molecule has 19 heavy (non-hydrogen) atoms. The monoisotopic (exact) mass is 275 g/mol. The maximum atomic E-state index is 3.60. The van der Waals surface area contributed by atoms with Crippen LogP contribution in [0, 0.1) is 17.8 Å². The normalized spacial score (nSPS) is 33.8. The van der Waals surface area contributed by atoms with E-state index in [1.807, 2.05) is 0 Å². The van der Waals surface area contributed by atoms with E-state index in [-0.39, 0.29) is 0 Å². The van der Waals surface area contributed by atoms with Crippen LogP contribution in [0.15, 0.2) is 6.07 Å². The fourth-order valence-corrected chi connectivity index (χ4v) is 6.25. The van der Waals surface area contributed by atoms with Crippen molar-refractivity contribution in [3.8, 4) is 0 Å². The molecular formula is C17H25NS. The van der Waals surface area contributed by atoms with E-state index in [0.29, 0.717) is 6.04 Å². The SMILES string of the molecule is CNC(CC1CC2CCC1C2)c1cc2c(s1)CCC2. The van der Waals surface area contributed by atoms with Gasteiger partial charge in [-0.15, -0.1) is 11.3 Å². The first-order valence-corrected chi connectivity index (χ1v) is 8.94. The van der Waals surface area contributed by atoms with E-state index in [0.717, 1.165) is 17.8 Å². The van der Waals surface area contributed by atoms with Gasteiger partial charge >= 0.3 is 0 Å². The van der Waals surface area contributed by atoms with Crippen LogP contribution in [0.4, 0.5) is 0 Å². The van der Waals surface area contributed by atoms with Gasteiger partial charge in [0.05, 0.1) is 0 Å². The van der Waals surface area contributed by atoms with Gasteiger partial charge in [-0.2, -0.15) is 0 Å². The van der Waals surface area contributed by atoms with Gasteiger partial charge in [-0.3, -0.25) is 0 Å². The van der Waals surface area contributed by atoms with Gasteiger partial charge in [0.2, 0.25) is 0 Å². The number of aryl methyl sites for hydroxylation is 2. The van der Waals surface area contributed by atoms with Crippen molar-refractivity contribution in [2.75, 3.05) is 7.05 Å². The minimum absolute atomic E-state index is 0.625. The topological polar surface area (TPSA) is 12.0 Å². The Balaban J connectivity index is 1.48. The molecule has 1 heterocycles.